The van der Waals surface area contributed by atoms with Crippen molar-refractivity contribution in [1.82, 2.24) is 0 Å². The Morgan fingerprint density at radius 2 is 2.47 bits per heavy atom. The quantitative estimate of drug-likeness (QED) is 0.438. The lowest BCUT2D eigenvalue weighted by Crippen LogP contribution is -2.18. The highest BCUT2D eigenvalue weighted by atomic mass is 79.9. The molecule has 0 spiro atoms. The molecule has 1 atom stereocenters. The summed E-state index contributed by atoms with van der Waals surface area (Å²) in [6, 6.07) is 0. The number of nitriles is 1. The van der Waals surface area contributed by atoms with E-state index in [9.17, 15) is 0 Å². The van der Waals surface area contributed by atoms with E-state index >= 15 is 0 Å². The van der Waals surface area contributed by atoms with Crippen LogP contribution in [-0.2, 0) is 0 Å². The second-order valence-corrected chi connectivity index (χ2v) is 6.91. The molecule has 1 heterocycles. The van der Waals surface area contributed by atoms with Gasteiger partial charge in [-0.1, -0.05) is 46.4 Å². The summed E-state index contributed by atoms with van der Waals surface area (Å²) in [5.41, 5.74) is -0.0756. The molecular formula is C9H11BrN2S3. The van der Waals surface area contributed by atoms with E-state index in [1.165, 1.54) is 16.7 Å². The molecule has 0 fully saturated rings. The molecule has 82 valence electrons. The highest BCUT2D eigenvalue weighted by molar-refractivity contribution is 9.11. The van der Waals surface area contributed by atoms with Gasteiger partial charge in [0, 0.05) is 4.91 Å². The second-order valence-electron chi connectivity index (χ2n) is 3.08. The van der Waals surface area contributed by atoms with Gasteiger partial charge in [0.15, 0.2) is 0 Å². The Morgan fingerprint density at radius 1 is 1.73 bits per heavy atom. The first kappa shape index (κ1) is 13.5. The minimum absolute atomic E-state index is 0.0756. The lowest BCUT2D eigenvalue weighted by atomic mass is 10.0. The fraction of sp³-hybridized carbons (Fsp3) is 0.556. The summed E-state index contributed by atoms with van der Waals surface area (Å²) in [7, 11) is 0. The van der Waals surface area contributed by atoms with Crippen LogP contribution < -0.4 is 0 Å². The molecule has 0 amide bonds. The molecule has 6 heteroatoms. The van der Waals surface area contributed by atoms with Gasteiger partial charge < -0.3 is 0 Å². The van der Waals surface area contributed by atoms with Crippen molar-refractivity contribution in [3.63, 3.8) is 0 Å². The molecule has 0 aromatic heterocycles. The average Bonchev–Trinajstić information content (AvgIpc) is 2.56. The fourth-order valence-corrected chi connectivity index (χ4v) is 4.76. The van der Waals surface area contributed by atoms with Gasteiger partial charge in [0.1, 0.15) is 9.78 Å². The zero-order valence-corrected chi connectivity index (χ0v) is 12.5. The van der Waals surface area contributed by atoms with Crippen LogP contribution in [-0.4, -0.2) is 15.0 Å². The topological polar surface area (TPSA) is 36.1 Å². The van der Waals surface area contributed by atoms with Crippen molar-refractivity contribution in [1.29, 1.82) is 5.26 Å². The molecule has 0 radical (unpaired) electrons. The maximum Gasteiger partial charge on any atom is 0.134 e. The van der Waals surface area contributed by atoms with Gasteiger partial charge in [-0.25, -0.2) is 0 Å². The smallest absolute Gasteiger partial charge is 0.134 e. The van der Waals surface area contributed by atoms with Crippen LogP contribution in [0.25, 0.3) is 0 Å². The maximum absolute atomic E-state index is 8.42. The third-order valence-electron chi connectivity index (χ3n) is 2.16. The maximum atomic E-state index is 8.42. The Bertz CT molecular complexity index is 335. The summed E-state index contributed by atoms with van der Waals surface area (Å²) < 4.78 is 1.06. The third-order valence-corrected chi connectivity index (χ3v) is 5.98. The summed E-state index contributed by atoms with van der Waals surface area (Å²) in [4.78, 5) is 7.88. The van der Waals surface area contributed by atoms with Gasteiger partial charge in [-0.3, -0.25) is 4.99 Å². The molecule has 0 saturated heterocycles. The summed E-state index contributed by atoms with van der Waals surface area (Å²) >= 11 is 7.97. The number of thiocyanates is 1. The Balaban J connectivity index is 2.64. The number of hydrogen-bond acceptors (Lipinski definition) is 5. The summed E-state index contributed by atoms with van der Waals surface area (Å²) in [6.07, 6.45) is 0.993. The molecule has 1 aliphatic rings. The van der Waals surface area contributed by atoms with Gasteiger partial charge in [0.25, 0.3) is 0 Å². The Morgan fingerprint density at radius 3 is 2.93 bits per heavy atom. The molecule has 1 rings (SSSR count). The van der Waals surface area contributed by atoms with Crippen molar-refractivity contribution >= 4 is 55.6 Å². The van der Waals surface area contributed by atoms with Crippen LogP contribution >= 0.6 is 51.2 Å². The van der Waals surface area contributed by atoms with Crippen LogP contribution in [0.5, 0.6) is 0 Å². The van der Waals surface area contributed by atoms with E-state index in [1.54, 1.807) is 23.5 Å². The first-order valence-corrected chi connectivity index (χ1v) is 8.09. The highest BCUT2D eigenvalue weighted by Gasteiger charge is 2.34. The van der Waals surface area contributed by atoms with Gasteiger partial charge >= 0.3 is 0 Å². The first-order valence-electron chi connectivity index (χ1n) is 4.38. The molecule has 0 aliphatic carbocycles. The lowest BCUT2D eigenvalue weighted by Gasteiger charge is -2.18. The van der Waals surface area contributed by atoms with Crippen LogP contribution in [0.4, 0.5) is 0 Å². The van der Waals surface area contributed by atoms with Gasteiger partial charge in [0.05, 0.1) is 10.6 Å². The number of aliphatic imine (C=N–C) groups is 1. The molecule has 0 aromatic carbocycles. The van der Waals surface area contributed by atoms with Crippen LogP contribution in [0.3, 0.4) is 0 Å². The molecular weight excluding hydrogens is 312 g/mol. The van der Waals surface area contributed by atoms with Gasteiger partial charge in [-0.2, -0.15) is 5.26 Å². The second kappa shape index (κ2) is 6.24. The van der Waals surface area contributed by atoms with Gasteiger partial charge in [0.2, 0.25) is 0 Å². The first-order chi connectivity index (χ1) is 7.16. The summed E-state index contributed by atoms with van der Waals surface area (Å²) in [5.74, 6) is 0. The Labute approximate surface area is 111 Å². The minimum atomic E-state index is -0.0756. The standard InChI is InChI=1S/C9H11BrN2S3/c1-3-9(2)7(4-10)15-8(12-9)14-6-13-5-11/h4H,3,6H2,1-2H3. The number of thioether (sulfide) groups is 3. The average molecular weight is 323 g/mol. The van der Waals surface area contributed by atoms with Crippen molar-refractivity contribution in [3.05, 3.63) is 9.89 Å². The molecule has 0 aromatic rings. The predicted octanol–water partition coefficient (Wildman–Crippen LogP) is 4.40. The lowest BCUT2D eigenvalue weighted by molar-refractivity contribution is 0.567. The highest BCUT2D eigenvalue weighted by Crippen LogP contribution is 2.45. The number of rotatable bonds is 3. The number of halogens is 1. The molecule has 1 aliphatic heterocycles. The summed E-state index contributed by atoms with van der Waals surface area (Å²) in [6.45, 7) is 4.27. The summed E-state index contributed by atoms with van der Waals surface area (Å²) in [5, 5.41) is 11.2. The van der Waals surface area contributed by atoms with Crippen molar-refractivity contribution in [2.45, 2.75) is 25.8 Å². The van der Waals surface area contributed by atoms with Crippen LogP contribution in [0.15, 0.2) is 14.9 Å². The number of nitrogens with zero attached hydrogens (tertiary/aromatic N) is 2. The fourth-order valence-electron chi connectivity index (χ4n) is 1.04. The van der Waals surface area contributed by atoms with E-state index in [-0.39, 0.29) is 5.54 Å². The molecule has 1 unspecified atom stereocenters. The largest absolute Gasteiger partial charge is 0.260 e. The van der Waals surface area contributed by atoms with Crippen LogP contribution in [0.1, 0.15) is 20.3 Å². The van der Waals surface area contributed by atoms with E-state index < -0.39 is 0 Å². The molecule has 0 N–H and O–H groups in total. The van der Waals surface area contributed by atoms with Crippen molar-refractivity contribution in [2.75, 3.05) is 5.08 Å². The molecule has 2 nitrogen and oxygen atoms in total. The monoisotopic (exact) mass is 322 g/mol. The molecule has 0 bridgehead atoms. The van der Waals surface area contributed by atoms with Gasteiger partial charge in [-0.05, 0) is 30.1 Å². The van der Waals surface area contributed by atoms with E-state index in [2.05, 4.69) is 40.2 Å². The van der Waals surface area contributed by atoms with Crippen molar-refractivity contribution in [3.8, 4) is 5.40 Å². The third kappa shape index (κ3) is 3.45. The van der Waals surface area contributed by atoms with Gasteiger partial charge in [-0.15, -0.1) is 0 Å². The van der Waals surface area contributed by atoms with E-state index in [0.717, 1.165) is 15.9 Å². The molecule has 0 saturated carbocycles. The van der Waals surface area contributed by atoms with Crippen molar-refractivity contribution < 1.29 is 0 Å². The van der Waals surface area contributed by atoms with Crippen molar-refractivity contribution in [2.24, 2.45) is 4.99 Å². The Hall–Kier alpha value is 0.430. The zero-order valence-electron chi connectivity index (χ0n) is 8.49. The SMILES string of the molecule is CCC1(C)N=C(SCSC#N)SC1=CBr. The van der Waals surface area contributed by atoms with Crippen LogP contribution in [0.2, 0.25) is 0 Å². The number of hydrogen-bond donors (Lipinski definition) is 0. The zero-order chi connectivity index (χ0) is 11.3. The van der Waals surface area contributed by atoms with E-state index in [4.69, 9.17) is 5.26 Å². The normalized spacial score (nSPS) is 27.9. The molecule has 15 heavy (non-hydrogen) atoms. The predicted molar refractivity (Wildman–Crippen MR) is 76.4 cm³/mol. The van der Waals surface area contributed by atoms with Crippen LogP contribution in [0, 0.1) is 10.7 Å². The Kier molecular flexibility index (Phi) is 5.61. The van der Waals surface area contributed by atoms with E-state index in [1.807, 2.05) is 4.99 Å². The minimum Gasteiger partial charge on any atom is -0.260 e. The van der Waals surface area contributed by atoms with E-state index in [0.29, 0.717) is 0 Å².